The molecule has 0 spiro atoms. The Morgan fingerprint density at radius 2 is 1.82 bits per heavy atom. The molecule has 22 heavy (non-hydrogen) atoms. The molecule has 0 aliphatic carbocycles. The molecule has 1 aromatic carbocycles. The zero-order valence-corrected chi connectivity index (χ0v) is 14.7. The van der Waals surface area contributed by atoms with Crippen LogP contribution in [0.4, 0.5) is 0 Å². The highest BCUT2D eigenvalue weighted by atomic mass is 79.9. The second kappa shape index (κ2) is 8.78. The first-order valence-electron chi connectivity index (χ1n) is 7.11. The average Bonchev–Trinajstić information content (AvgIpc) is 2.41. The lowest BCUT2D eigenvalue weighted by atomic mass is 10.1. The van der Waals surface area contributed by atoms with Crippen LogP contribution in [0.5, 0.6) is 5.75 Å². The molecule has 0 radical (unpaired) electrons. The number of esters is 1. The maximum Gasteiger partial charge on any atom is 0.306 e. The lowest BCUT2D eigenvalue weighted by molar-refractivity contribution is -0.149. The monoisotopic (exact) mass is 371 g/mol. The Labute approximate surface area is 139 Å². The summed E-state index contributed by atoms with van der Waals surface area (Å²) >= 11 is 3.34. The van der Waals surface area contributed by atoms with Crippen molar-refractivity contribution in [3.63, 3.8) is 0 Å². The minimum atomic E-state index is -0.400. The molecule has 5 nitrogen and oxygen atoms in total. The smallest absolute Gasteiger partial charge is 0.306 e. The fraction of sp³-hybridized carbons (Fsp3) is 0.500. The summed E-state index contributed by atoms with van der Waals surface area (Å²) in [5.74, 6) is 0.0524. The fourth-order valence-electron chi connectivity index (χ4n) is 1.61. The van der Waals surface area contributed by atoms with Gasteiger partial charge in [0, 0.05) is 16.4 Å². The number of hydrogen-bond acceptors (Lipinski definition) is 4. The highest BCUT2D eigenvalue weighted by molar-refractivity contribution is 9.10. The van der Waals surface area contributed by atoms with Crippen molar-refractivity contribution in [1.82, 2.24) is 5.32 Å². The lowest BCUT2D eigenvalue weighted by Gasteiger charge is -2.20. The van der Waals surface area contributed by atoms with Gasteiger partial charge >= 0.3 is 5.97 Å². The Kier molecular flexibility index (Phi) is 7.38. The zero-order valence-electron chi connectivity index (χ0n) is 13.1. The van der Waals surface area contributed by atoms with Gasteiger partial charge in [-0.25, -0.2) is 0 Å². The van der Waals surface area contributed by atoms with Crippen LogP contribution >= 0.6 is 15.9 Å². The van der Waals surface area contributed by atoms with Gasteiger partial charge in [-0.2, -0.15) is 0 Å². The number of nitrogens with one attached hydrogen (secondary N) is 1. The standard InChI is InChI=1S/C16H22BrNO4/c1-16(2,3)18-14(19)11-22-15(20)5-4-10-21-13-8-6-12(17)7-9-13/h6-9H,4-5,10-11H2,1-3H3,(H,18,19). The van der Waals surface area contributed by atoms with Crippen molar-refractivity contribution in [3.8, 4) is 5.75 Å². The molecule has 0 bridgehead atoms. The first kappa shape index (κ1) is 18.5. The second-order valence-electron chi connectivity index (χ2n) is 5.86. The predicted octanol–water partition coefficient (Wildman–Crippen LogP) is 3.07. The summed E-state index contributed by atoms with van der Waals surface area (Å²) in [7, 11) is 0. The van der Waals surface area contributed by atoms with E-state index in [0.717, 1.165) is 10.2 Å². The van der Waals surface area contributed by atoms with E-state index < -0.39 is 5.97 Å². The molecular formula is C16H22BrNO4. The van der Waals surface area contributed by atoms with E-state index in [-0.39, 0.29) is 24.5 Å². The molecule has 0 aliphatic heterocycles. The normalized spacial score (nSPS) is 10.9. The van der Waals surface area contributed by atoms with Gasteiger partial charge in [0.25, 0.3) is 5.91 Å². The summed E-state index contributed by atoms with van der Waals surface area (Å²) in [5.41, 5.74) is -0.331. The highest BCUT2D eigenvalue weighted by Gasteiger charge is 2.15. The third-order valence-electron chi connectivity index (χ3n) is 2.49. The van der Waals surface area contributed by atoms with Crippen molar-refractivity contribution >= 4 is 27.8 Å². The first-order valence-corrected chi connectivity index (χ1v) is 7.90. The van der Waals surface area contributed by atoms with Crippen molar-refractivity contribution in [3.05, 3.63) is 28.7 Å². The van der Waals surface area contributed by atoms with Crippen molar-refractivity contribution in [2.24, 2.45) is 0 Å². The minimum absolute atomic E-state index is 0.222. The fourth-order valence-corrected chi connectivity index (χ4v) is 1.87. The summed E-state index contributed by atoms with van der Waals surface area (Å²) < 4.78 is 11.4. The molecule has 1 rings (SSSR count). The van der Waals surface area contributed by atoms with E-state index in [2.05, 4.69) is 21.2 Å². The van der Waals surface area contributed by atoms with Crippen molar-refractivity contribution in [2.75, 3.05) is 13.2 Å². The minimum Gasteiger partial charge on any atom is -0.494 e. The molecular weight excluding hydrogens is 350 g/mol. The molecule has 1 N–H and O–H groups in total. The van der Waals surface area contributed by atoms with Crippen molar-refractivity contribution < 1.29 is 19.1 Å². The Bertz CT molecular complexity index is 494. The van der Waals surface area contributed by atoms with Gasteiger partial charge in [0.2, 0.25) is 0 Å². The summed E-state index contributed by atoms with van der Waals surface area (Å²) in [6.07, 6.45) is 0.759. The van der Waals surface area contributed by atoms with Crippen LogP contribution in [-0.2, 0) is 14.3 Å². The van der Waals surface area contributed by atoms with Crippen LogP contribution in [-0.4, -0.2) is 30.6 Å². The van der Waals surface area contributed by atoms with E-state index >= 15 is 0 Å². The second-order valence-corrected chi connectivity index (χ2v) is 6.78. The average molecular weight is 372 g/mol. The number of hydrogen-bond donors (Lipinski definition) is 1. The van der Waals surface area contributed by atoms with Gasteiger partial charge in [-0.05, 0) is 51.5 Å². The van der Waals surface area contributed by atoms with E-state index in [1.54, 1.807) is 0 Å². The predicted molar refractivity (Wildman–Crippen MR) is 87.7 cm³/mol. The Morgan fingerprint density at radius 3 is 2.41 bits per heavy atom. The molecule has 0 aliphatic rings. The summed E-state index contributed by atoms with van der Waals surface area (Å²) in [4.78, 5) is 23.0. The van der Waals surface area contributed by atoms with Gasteiger partial charge in [0.1, 0.15) is 5.75 Å². The van der Waals surface area contributed by atoms with Crippen molar-refractivity contribution in [1.29, 1.82) is 0 Å². The topological polar surface area (TPSA) is 64.6 Å². The van der Waals surface area contributed by atoms with Crippen molar-refractivity contribution in [2.45, 2.75) is 39.2 Å². The molecule has 0 aromatic heterocycles. The summed E-state index contributed by atoms with van der Waals surface area (Å²) in [5, 5.41) is 2.72. The largest absolute Gasteiger partial charge is 0.494 e. The van der Waals surface area contributed by atoms with Gasteiger partial charge in [0.15, 0.2) is 6.61 Å². The number of benzene rings is 1. The molecule has 122 valence electrons. The molecule has 6 heteroatoms. The molecule has 1 aromatic rings. The van der Waals surface area contributed by atoms with Crippen LogP contribution in [0.25, 0.3) is 0 Å². The molecule has 0 saturated heterocycles. The first-order chi connectivity index (χ1) is 10.3. The van der Waals surface area contributed by atoms with E-state index in [9.17, 15) is 9.59 Å². The number of ether oxygens (including phenoxy) is 2. The van der Waals surface area contributed by atoms with Crippen LogP contribution in [0.15, 0.2) is 28.7 Å². The van der Waals surface area contributed by atoms with Gasteiger partial charge in [-0.15, -0.1) is 0 Å². The van der Waals surface area contributed by atoms with Gasteiger partial charge in [-0.3, -0.25) is 9.59 Å². The van der Waals surface area contributed by atoms with Gasteiger partial charge in [-0.1, -0.05) is 15.9 Å². The van der Waals surface area contributed by atoms with Crippen LogP contribution in [0.3, 0.4) is 0 Å². The van der Waals surface area contributed by atoms with E-state index in [0.29, 0.717) is 13.0 Å². The Balaban J connectivity index is 2.13. The van der Waals surface area contributed by atoms with Crippen LogP contribution < -0.4 is 10.1 Å². The molecule has 0 saturated carbocycles. The molecule has 1 amide bonds. The van der Waals surface area contributed by atoms with Crippen LogP contribution in [0.1, 0.15) is 33.6 Å². The third-order valence-corrected chi connectivity index (χ3v) is 3.01. The van der Waals surface area contributed by atoms with E-state index in [4.69, 9.17) is 9.47 Å². The summed E-state index contributed by atoms with van der Waals surface area (Å²) in [6.45, 7) is 5.78. The maximum atomic E-state index is 11.5. The zero-order chi connectivity index (χ0) is 16.6. The summed E-state index contributed by atoms with van der Waals surface area (Å²) in [6, 6.07) is 7.47. The van der Waals surface area contributed by atoms with Crippen LogP contribution in [0, 0.1) is 0 Å². The number of amides is 1. The van der Waals surface area contributed by atoms with E-state index in [1.165, 1.54) is 0 Å². The Morgan fingerprint density at radius 1 is 1.18 bits per heavy atom. The highest BCUT2D eigenvalue weighted by Crippen LogP contribution is 2.16. The quantitative estimate of drug-likeness (QED) is 0.590. The molecule has 0 atom stereocenters. The number of carbonyl (C=O) groups is 2. The molecule has 0 heterocycles. The van der Waals surface area contributed by atoms with Gasteiger partial charge in [0.05, 0.1) is 6.61 Å². The maximum absolute atomic E-state index is 11.5. The van der Waals surface area contributed by atoms with E-state index in [1.807, 2.05) is 45.0 Å². The lowest BCUT2D eigenvalue weighted by Crippen LogP contribution is -2.42. The SMILES string of the molecule is CC(C)(C)NC(=O)COC(=O)CCCOc1ccc(Br)cc1. The number of carbonyl (C=O) groups excluding carboxylic acids is 2. The third kappa shape index (κ3) is 8.67. The number of rotatable bonds is 7. The van der Waals surface area contributed by atoms with Gasteiger partial charge < -0.3 is 14.8 Å². The Hall–Kier alpha value is -1.56. The molecule has 0 unspecified atom stereocenters. The molecule has 0 fully saturated rings. The van der Waals surface area contributed by atoms with Crippen LogP contribution in [0.2, 0.25) is 0 Å². The number of halogens is 1.